The summed E-state index contributed by atoms with van der Waals surface area (Å²) in [5.74, 6) is 0.474. The summed E-state index contributed by atoms with van der Waals surface area (Å²) in [5.41, 5.74) is 1.68. The normalized spacial score (nSPS) is 20.6. The Hall–Kier alpha value is -3.59. The highest BCUT2D eigenvalue weighted by Crippen LogP contribution is 2.34. The molecule has 0 saturated carbocycles. The molecule has 0 bridgehead atoms. The van der Waals surface area contributed by atoms with Crippen LogP contribution in [0.3, 0.4) is 0 Å². The molecule has 0 unspecified atom stereocenters. The van der Waals surface area contributed by atoms with Crippen LogP contribution in [-0.2, 0) is 16.1 Å². The van der Waals surface area contributed by atoms with Crippen LogP contribution in [0.2, 0.25) is 0 Å². The van der Waals surface area contributed by atoms with Gasteiger partial charge in [0.05, 0.1) is 20.2 Å². The summed E-state index contributed by atoms with van der Waals surface area (Å²) < 4.78 is 5.19. The van der Waals surface area contributed by atoms with Crippen LogP contribution in [0.4, 0.5) is 4.79 Å². The zero-order chi connectivity index (χ0) is 24.9. The third-order valence-corrected chi connectivity index (χ3v) is 6.54. The fraction of sp³-hybridized carbons (Fsp3) is 0.423. The van der Waals surface area contributed by atoms with Gasteiger partial charge in [0.2, 0.25) is 11.8 Å². The standard InChI is InChI=1S/C26H33N5O4/c1-4-5-15-29-17-22-30(24(25(29)33)20-9-7-6-8-10-20)23(32)18-28(2)31(22)26(34)27-16-19-11-13-21(35-3)14-12-19/h6-14,22,24H,4-5,15-18H2,1-3H3,(H,27,34)/t22-,24-/m0/s1. The van der Waals surface area contributed by atoms with Crippen LogP contribution in [0.25, 0.3) is 0 Å². The minimum Gasteiger partial charge on any atom is -0.497 e. The second-order valence-electron chi connectivity index (χ2n) is 8.90. The predicted molar refractivity (Wildman–Crippen MR) is 131 cm³/mol. The number of hydrogen-bond donors (Lipinski definition) is 1. The van der Waals surface area contributed by atoms with Gasteiger partial charge in [-0.1, -0.05) is 55.8 Å². The molecule has 0 radical (unpaired) electrons. The lowest BCUT2D eigenvalue weighted by molar-refractivity contribution is -0.187. The third kappa shape index (κ3) is 5.09. The molecule has 2 aliphatic rings. The van der Waals surface area contributed by atoms with E-state index in [1.165, 1.54) is 0 Å². The third-order valence-electron chi connectivity index (χ3n) is 6.54. The van der Waals surface area contributed by atoms with E-state index in [0.717, 1.165) is 29.7 Å². The molecule has 35 heavy (non-hydrogen) atoms. The van der Waals surface area contributed by atoms with Gasteiger partial charge in [0.15, 0.2) is 0 Å². The van der Waals surface area contributed by atoms with Gasteiger partial charge in [-0.05, 0) is 29.7 Å². The highest BCUT2D eigenvalue weighted by Gasteiger charge is 2.51. The van der Waals surface area contributed by atoms with Crippen LogP contribution in [0.1, 0.15) is 36.9 Å². The predicted octanol–water partition coefficient (Wildman–Crippen LogP) is 2.61. The van der Waals surface area contributed by atoms with Crippen LogP contribution in [-0.4, -0.2) is 77.6 Å². The van der Waals surface area contributed by atoms with Gasteiger partial charge < -0.3 is 19.9 Å². The minimum atomic E-state index is -0.759. The summed E-state index contributed by atoms with van der Waals surface area (Å²) >= 11 is 0. The van der Waals surface area contributed by atoms with Gasteiger partial charge in [-0.15, -0.1) is 0 Å². The van der Waals surface area contributed by atoms with Gasteiger partial charge in [0, 0.05) is 20.1 Å². The van der Waals surface area contributed by atoms with Gasteiger partial charge in [-0.3, -0.25) is 9.59 Å². The minimum absolute atomic E-state index is 0.0119. The smallest absolute Gasteiger partial charge is 0.334 e. The number of nitrogens with one attached hydrogen (secondary N) is 1. The largest absolute Gasteiger partial charge is 0.497 e. The zero-order valence-electron chi connectivity index (χ0n) is 20.5. The van der Waals surface area contributed by atoms with Crippen molar-refractivity contribution in [2.75, 3.05) is 33.8 Å². The van der Waals surface area contributed by atoms with Gasteiger partial charge in [0.1, 0.15) is 18.0 Å². The molecule has 2 saturated heterocycles. The van der Waals surface area contributed by atoms with Crippen molar-refractivity contribution in [1.82, 2.24) is 25.1 Å². The first kappa shape index (κ1) is 24.5. The average molecular weight is 480 g/mol. The number of unbranched alkanes of at least 4 members (excludes halogenated alkanes) is 1. The Morgan fingerprint density at radius 1 is 1.09 bits per heavy atom. The van der Waals surface area contributed by atoms with E-state index in [1.807, 2.05) is 54.6 Å². The summed E-state index contributed by atoms with van der Waals surface area (Å²) in [7, 11) is 3.34. The van der Waals surface area contributed by atoms with E-state index >= 15 is 0 Å². The Labute approximate surface area is 206 Å². The molecule has 0 aromatic heterocycles. The van der Waals surface area contributed by atoms with Gasteiger partial charge >= 0.3 is 6.03 Å². The maximum Gasteiger partial charge on any atom is 0.334 e. The SMILES string of the molecule is CCCCN1C[C@H]2N(C(=O)CN(C)N2C(=O)NCc2ccc(OC)cc2)[C@@H](c2ccccc2)C1=O. The second kappa shape index (κ2) is 10.8. The molecule has 9 heteroatoms. The van der Waals surface area contributed by atoms with E-state index in [-0.39, 0.29) is 30.9 Å². The number of urea groups is 1. The summed E-state index contributed by atoms with van der Waals surface area (Å²) in [6.07, 6.45) is 1.20. The van der Waals surface area contributed by atoms with E-state index in [9.17, 15) is 14.4 Å². The number of rotatable bonds is 7. The van der Waals surface area contributed by atoms with Crippen molar-refractivity contribution in [2.24, 2.45) is 0 Å². The summed E-state index contributed by atoms with van der Waals surface area (Å²) in [6, 6.07) is 15.7. The molecule has 2 atom stereocenters. The van der Waals surface area contributed by atoms with Gasteiger partial charge in [-0.25, -0.2) is 14.8 Å². The lowest BCUT2D eigenvalue weighted by atomic mass is 9.98. The summed E-state index contributed by atoms with van der Waals surface area (Å²) in [4.78, 5) is 43.6. The summed E-state index contributed by atoms with van der Waals surface area (Å²) in [6.45, 7) is 3.27. The lowest BCUT2D eigenvalue weighted by Crippen LogP contribution is -2.73. The zero-order valence-corrected chi connectivity index (χ0v) is 20.5. The number of benzene rings is 2. The maximum atomic E-state index is 13.5. The molecule has 2 aliphatic heterocycles. The number of fused-ring (bicyclic) bond motifs is 1. The van der Waals surface area contributed by atoms with Crippen LogP contribution in [0, 0.1) is 0 Å². The van der Waals surface area contributed by atoms with E-state index < -0.39 is 12.2 Å². The van der Waals surface area contributed by atoms with Crippen LogP contribution in [0.5, 0.6) is 5.75 Å². The van der Waals surface area contributed by atoms with Gasteiger partial charge in [0.25, 0.3) is 0 Å². The number of likely N-dealkylation sites (N-methyl/N-ethyl adjacent to an activating group) is 1. The molecule has 0 aliphatic carbocycles. The molecule has 2 heterocycles. The molecule has 4 rings (SSSR count). The number of carbonyl (C=O) groups excluding carboxylic acids is 3. The van der Waals surface area contributed by atoms with E-state index in [0.29, 0.717) is 13.1 Å². The molecular formula is C26H33N5O4. The van der Waals surface area contributed by atoms with Crippen molar-refractivity contribution >= 4 is 17.8 Å². The van der Waals surface area contributed by atoms with Crippen LogP contribution in [0.15, 0.2) is 54.6 Å². The first-order chi connectivity index (χ1) is 16.9. The van der Waals surface area contributed by atoms with Crippen molar-refractivity contribution in [2.45, 2.75) is 38.5 Å². The average Bonchev–Trinajstić information content (AvgIpc) is 2.87. The van der Waals surface area contributed by atoms with Crippen molar-refractivity contribution in [3.05, 3.63) is 65.7 Å². The Morgan fingerprint density at radius 2 is 1.80 bits per heavy atom. The Kier molecular flexibility index (Phi) is 7.55. The van der Waals surface area contributed by atoms with E-state index in [2.05, 4.69) is 12.2 Å². The number of amides is 4. The Bertz CT molecular complexity index is 1050. The molecule has 2 aromatic carbocycles. The Balaban J connectivity index is 1.60. The second-order valence-corrected chi connectivity index (χ2v) is 8.90. The maximum absolute atomic E-state index is 13.5. The molecule has 4 amide bonds. The first-order valence-electron chi connectivity index (χ1n) is 12.0. The highest BCUT2D eigenvalue weighted by atomic mass is 16.5. The number of hydrogen-bond acceptors (Lipinski definition) is 5. The molecule has 9 nitrogen and oxygen atoms in total. The number of piperazine rings is 1. The number of nitrogens with zero attached hydrogens (tertiary/aromatic N) is 4. The fourth-order valence-corrected chi connectivity index (χ4v) is 4.71. The van der Waals surface area contributed by atoms with E-state index in [4.69, 9.17) is 4.74 Å². The van der Waals surface area contributed by atoms with Crippen LogP contribution < -0.4 is 10.1 Å². The fourth-order valence-electron chi connectivity index (χ4n) is 4.71. The molecule has 1 N–H and O–H groups in total. The monoisotopic (exact) mass is 479 g/mol. The highest BCUT2D eigenvalue weighted by molar-refractivity contribution is 5.92. The number of hydrazine groups is 1. The molecule has 186 valence electrons. The topological polar surface area (TPSA) is 85.4 Å². The number of carbonyl (C=O) groups is 3. The number of ether oxygens (including phenoxy) is 1. The summed E-state index contributed by atoms with van der Waals surface area (Å²) in [5, 5.41) is 6.19. The molecule has 2 fully saturated rings. The van der Waals surface area contributed by atoms with E-state index in [1.54, 1.807) is 34.0 Å². The molecular weight excluding hydrogens is 446 g/mol. The first-order valence-corrected chi connectivity index (χ1v) is 12.0. The van der Waals surface area contributed by atoms with Crippen LogP contribution >= 0.6 is 0 Å². The van der Waals surface area contributed by atoms with Crippen molar-refractivity contribution in [3.63, 3.8) is 0 Å². The number of methoxy groups -OCH3 is 1. The lowest BCUT2D eigenvalue weighted by Gasteiger charge is -2.54. The van der Waals surface area contributed by atoms with Gasteiger partial charge in [-0.2, -0.15) is 0 Å². The Morgan fingerprint density at radius 3 is 2.46 bits per heavy atom. The van der Waals surface area contributed by atoms with Crippen molar-refractivity contribution in [3.8, 4) is 5.75 Å². The quantitative estimate of drug-likeness (QED) is 0.660. The van der Waals surface area contributed by atoms with Crippen molar-refractivity contribution < 1.29 is 19.1 Å². The molecule has 2 aromatic rings. The molecule has 0 spiro atoms. The van der Waals surface area contributed by atoms with Crippen molar-refractivity contribution in [1.29, 1.82) is 0 Å².